The molecule has 0 spiro atoms. The van der Waals surface area contributed by atoms with Gasteiger partial charge in [0.2, 0.25) is 11.8 Å². The van der Waals surface area contributed by atoms with Crippen LogP contribution in [0.3, 0.4) is 0 Å². The monoisotopic (exact) mass is 310 g/mol. The van der Waals surface area contributed by atoms with Crippen LogP contribution in [0.2, 0.25) is 0 Å². The molecule has 5 heteroatoms. The van der Waals surface area contributed by atoms with Gasteiger partial charge < -0.3 is 14.9 Å². The van der Waals surface area contributed by atoms with Crippen molar-refractivity contribution < 1.29 is 14.7 Å². The van der Waals surface area contributed by atoms with E-state index in [1.54, 1.807) is 0 Å². The number of rotatable bonds is 4. The minimum Gasteiger partial charge on any atom is -0.392 e. The number of amides is 2. The fraction of sp³-hybridized carbons (Fsp3) is 0.882. The number of likely N-dealkylation sites (tertiary alicyclic amines) is 2. The molecule has 22 heavy (non-hydrogen) atoms. The highest BCUT2D eigenvalue weighted by Gasteiger charge is 2.59. The smallest absolute Gasteiger partial charge is 0.222 e. The number of piperidine rings is 2. The van der Waals surface area contributed by atoms with Crippen molar-refractivity contribution in [3.8, 4) is 0 Å². The van der Waals surface area contributed by atoms with E-state index < -0.39 is 6.10 Å². The van der Waals surface area contributed by atoms with Crippen LogP contribution in [0, 0.1) is 10.8 Å². The van der Waals surface area contributed by atoms with Gasteiger partial charge in [-0.25, -0.2) is 0 Å². The van der Waals surface area contributed by atoms with Gasteiger partial charge in [0, 0.05) is 49.9 Å². The summed E-state index contributed by atoms with van der Waals surface area (Å²) in [6, 6.07) is 0. The molecule has 2 rings (SSSR count). The molecule has 2 bridgehead atoms. The van der Waals surface area contributed by atoms with Gasteiger partial charge in [-0.3, -0.25) is 9.59 Å². The van der Waals surface area contributed by atoms with Gasteiger partial charge in [0.1, 0.15) is 0 Å². The summed E-state index contributed by atoms with van der Waals surface area (Å²) >= 11 is 0. The van der Waals surface area contributed by atoms with E-state index in [0.717, 1.165) is 12.8 Å². The summed E-state index contributed by atoms with van der Waals surface area (Å²) in [4.78, 5) is 28.4. The summed E-state index contributed by atoms with van der Waals surface area (Å²) in [5.74, 6) is 0.302. The molecular formula is C17H30N2O3. The highest BCUT2D eigenvalue weighted by molar-refractivity contribution is 5.77. The largest absolute Gasteiger partial charge is 0.392 e. The molecule has 0 atom stereocenters. The van der Waals surface area contributed by atoms with Crippen molar-refractivity contribution in [3.63, 3.8) is 0 Å². The molecular weight excluding hydrogens is 280 g/mol. The Hall–Kier alpha value is -1.10. The van der Waals surface area contributed by atoms with Crippen molar-refractivity contribution in [1.29, 1.82) is 0 Å². The van der Waals surface area contributed by atoms with Crippen LogP contribution in [0.15, 0.2) is 0 Å². The van der Waals surface area contributed by atoms with E-state index in [4.69, 9.17) is 0 Å². The molecule has 0 aliphatic carbocycles. The Morgan fingerprint density at radius 2 is 1.18 bits per heavy atom. The highest BCUT2D eigenvalue weighted by Crippen LogP contribution is 2.49. The Kier molecular flexibility index (Phi) is 4.85. The number of nitrogens with zero attached hydrogens (tertiary/aromatic N) is 2. The molecule has 2 aliphatic rings. The Labute approximate surface area is 133 Å². The average Bonchev–Trinajstić information content (AvgIpc) is 2.53. The summed E-state index contributed by atoms with van der Waals surface area (Å²) in [6.07, 6.45) is 2.09. The molecule has 0 saturated carbocycles. The average molecular weight is 310 g/mol. The number of aliphatic hydroxyl groups excluding tert-OH is 1. The van der Waals surface area contributed by atoms with E-state index >= 15 is 0 Å². The first-order valence-electron chi connectivity index (χ1n) is 8.61. The van der Waals surface area contributed by atoms with Crippen LogP contribution >= 0.6 is 0 Å². The first-order chi connectivity index (χ1) is 10.4. The lowest BCUT2D eigenvalue weighted by molar-refractivity contribution is -0.197. The normalized spacial score (nSPS) is 34.7. The number of hydrogen-bond acceptors (Lipinski definition) is 3. The molecule has 2 amide bonds. The number of fused-ring (bicyclic) bond motifs is 2. The summed E-state index contributed by atoms with van der Waals surface area (Å²) in [6.45, 7) is 10.1. The molecule has 2 saturated heterocycles. The molecule has 5 nitrogen and oxygen atoms in total. The molecule has 2 heterocycles. The predicted octanol–water partition coefficient (Wildman–Crippen LogP) is 1.64. The number of carbonyl (C=O) groups is 2. The van der Waals surface area contributed by atoms with E-state index in [0.29, 0.717) is 39.0 Å². The van der Waals surface area contributed by atoms with Gasteiger partial charge in [0.25, 0.3) is 0 Å². The van der Waals surface area contributed by atoms with Crippen LogP contribution in [0.25, 0.3) is 0 Å². The lowest BCUT2D eigenvalue weighted by Crippen LogP contribution is -2.72. The van der Waals surface area contributed by atoms with Crippen molar-refractivity contribution >= 4 is 11.8 Å². The van der Waals surface area contributed by atoms with Gasteiger partial charge in [-0.2, -0.15) is 0 Å². The third-order valence-electron chi connectivity index (χ3n) is 5.90. The van der Waals surface area contributed by atoms with Gasteiger partial charge in [-0.15, -0.1) is 0 Å². The van der Waals surface area contributed by atoms with Crippen molar-refractivity contribution in [2.45, 2.75) is 59.5 Å². The molecule has 2 fully saturated rings. The molecule has 0 aromatic carbocycles. The van der Waals surface area contributed by atoms with Crippen molar-refractivity contribution in [1.82, 2.24) is 9.80 Å². The standard InChI is InChI=1S/C17H30N2O3/c1-5-13(20)18-9-16(7-3)11-19(14(21)6-2)12-17(8-4,10-18)15(16)22/h15,22H,5-12H2,1-4H3. The Bertz CT molecular complexity index is 397. The fourth-order valence-electron chi connectivity index (χ4n) is 4.36. The second-order valence-electron chi connectivity index (χ2n) is 7.04. The van der Waals surface area contributed by atoms with Gasteiger partial charge >= 0.3 is 0 Å². The Balaban J connectivity index is 2.40. The third kappa shape index (κ3) is 2.53. The van der Waals surface area contributed by atoms with Crippen LogP contribution in [-0.2, 0) is 9.59 Å². The molecule has 0 unspecified atom stereocenters. The zero-order valence-corrected chi connectivity index (χ0v) is 14.4. The zero-order chi connectivity index (χ0) is 16.5. The topological polar surface area (TPSA) is 60.9 Å². The summed E-state index contributed by atoms with van der Waals surface area (Å²) < 4.78 is 0. The van der Waals surface area contributed by atoms with Crippen LogP contribution in [0.4, 0.5) is 0 Å². The van der Waals surface area contributed by atoms with E-state index in [9.17, 15) is 14.7 Å². The van der Waals surface area contributed by atoms with E-state index in [1.165, 1.54) is 0 Å². The second kappa shape index (κ2) is 6.19. The Morgan fingerprint density at radius 1 is 0.864 bits per heavy atom. The third-order valence-corrected chi connectivity index (χ3v) is 5.90. The lowest BCUT2D eigenvalue weighted by Gasteiger charge is -2.61. The van der Waals surface area contributed by atoms with E-state index in [2.05, 4.69) is 13.8 Å². The quantitative estimate of drug-likeness (QED) is 0.859. The Morgan fingerprint density at radius 3 is 1.41 bits per heavy atom. The van der Waals surface area contributed by atoms with Crippen molar-refractivity contribution in [3.05, 3.63) is 0 Å². The SMILES string of the molecule is CCC(=O)N1CC2(CC)CN(C(=O)CC)CC(CC)(C1)C2O. The maximum atomic E-state index is 12.3. The zero-order valence-electron chi connectivity index (χ0n) is 14.4. The van der Waals surface area contributed by atoms with Gasteiger partial charge in [0.15, 0.2) is 0 Å². The molecule has 0 aromatic heterocycles. The van der Waals surface area contributed by atoms with E-state index in [1.807, 2.05) is 23.6 Å². The summed E-state index contributed by atoms with van der Waals surface area (Å²) in [5.41, 5.74) is -0.773. The van der Waals surface area contributed by atoms with Gasteiger partial charge in [-0.05, 0) is 12.8 Å². The first-order valence-corrected chi connectivity index (χ1v) is 8.61. The molecule has 0 radical (unpaired) electrons. The van der Waals surface area contributed by atoms with Crippen molar-refractivity contribution in [2.24, 2.45) is 10.8 Å². The minimum atomic E-state index is -0.447. The number of hydrogen-bond donors (Lipinski definition) is 1. The minimum absolute atomic E-state index is 0.151. The molecule has 1 N–H and O–H groups in total. The molecule has 0 aromatic rings. The van der Waals surface area contributed by atoms with Crippen LogP contribution in [-0.4, -0.2) is 59.0 Å². The first kappa shape index (κ1) is 17.3. The maximum Gasteiger partial charge on any atom is 0.222 e. The molecule has 126 valence electrons. The fourth-order valence-corrected chi connectivity index (χ4v) is 4.36. The number of carbonyl (C=O) groups excluding carboxylic acids is 2. The highest BCUT2D eigenvalue weighted by atomic mass is 16.3. The lowest BCUT2D eigenvalue weighted by atomic mass is 9.59. The van der Waals surface area contributed by atoms with Crippen molar-refractivity contribution in [2.75, 3.05) is 26.2 Å². The van der Waals surface area contributed by atoms with Crippen LogP contribution in [0.1, 0.15) is 53.4 Å². The van der Waals surface area contributed by atoms with Gasteiger partial charge in [0.05, 0.1) is 6.10 Å². The van der Waals surface area contributed by atoms with Crippen LogP contribution < -0.4 is 0 Å². The second-order valence-corrected chi connectivity index (χ2v) is 7.04. The predicted molar refractivity (Wildman–Crippen MR) is 85.2 cm³/mol. The van der Waals surface area contributed by atoms with E-state index in [-0.39, 0.29) is 22.6 Å². The number of aliphatic hydroxyl groups is 1. The maximum absolute atomic E-state index is 12.3. The summed E-state index contributed by atoms with van der Waals surface area (Å²) in [5, 5.41) is 11.1. The summed E-state index contributed by atoms with van der Waals surface area (Å²) in [7, 11) is 0. The van der Waals surface area contributed by atoms with Gasteiger partial charge in [-0.1, -0.05) is 27.7 Å². The van der Waals surface area contributed by atoms with Crippen LogP contribution in [0.5, 0.6) is 0 Å². The molecule has 2 aliphatic heterocycles.